The summed E-state index contributed by atoms with van der Waals surface area (Å²) in [6.45, 7) is 0. The molecule has 1 aromatic carbocycles. The van der Waals surface area contributed by atoms with Crippen LogP contribution >= 0.6 is 11.6 Å². The van der Waals surface area contributed by atoms with Crippen molar-refractivity contribution in [3.05, 3.63) is 52.8 Å². The number of benzene rings is 1. The van der Waals surface area contributed by atoms with E-state index < -0.39 is 9.84 Å². The van der Waals surface area contributed by atoms with Crippen molar-refractivity contribution < 1.29 is 13.2 Å². The van der Waals surface area contributed by atoms with Crippen LogP contribution in [0.1, 0.15) is 47.4 Å². The topological polar surface area (TPSA) is 110 Å². The number of H-pyrrole nitrogens is 1. The van der Waals surface area contributed by atoms with Crippen LogP contribution in [0.5, 0.6) is 0 Å². The quantitative estimate of drug-likeness (QED) is 0.625. The first-order valence-corrected chi connectivity index (χ1v) is 12.0. The second-order valence-corrected chi connectivity index (χ2v) is 10.5. The number of hydrogen-bond acceptors (Lipinski definition) is 5. The first kappa shape index (κ1) is 19.3. The molecule has 1 atom stereocenters. The fraction of sp³-hybridized carbons (Fsp3) is 0.350. The van der Waals surface area contributed by atoms with E-state index in [0.29, 0.717) is 28.9 Å². The number of sulfone groups is 1. The molecular weight excluding hydrogens is 426 g/mol. The van der Waals surface area contributed by atoms with Gasteiger partial charge in [-0.25, -0.2) is 13.1 Å². The van der Waals surface area contributed by atoms with E-state index in [-0.39, 0.29) is 29.1 Å². The Labute approximate surface area is 178 Å². The van der Waals surface area contributed by atoms with Gasteiger partial charge in [-0.3, -0.25) is 9.89 Å². The highest BCUT2D eigenvalue weighted by molar-refractivity contribution is 7.91. The predicted octanol–water partition coefficient (Wildman–Crippen LogP) is 3.42. The van der Waals surface area contributed by atoms with Crippen LogP contribution in [0.4, 0.5) is 5.82 Å². The summed E-state index contributed by atoms with van der Waals surface area (Å²) in [5.41, 5.74) is 2.48. The van der Waals surface area contributed by atoms with E-state index in [0.717, 1.165) is 24.1 Å². The predicted molar refractivity (Wildman–Crippen MR) is 113 cm³/mol. The molecule has 1 saturated heterocycles. The van der Waals surface area contributed by atoms with Crippen LogP contribution in [0.3, 0.4) is 0 Å². The number of nitrogens with one attached hydrogen (secondary N) is 2. The first-order valence-electron chi connectivity index (χ1n) is 9.81. The molecule has 156 valence electrons. The number of carbonyl (C=O) groups is 1. The normalized spacial score (nSPS) is 20.4. The fourth-order valence-electron chi connectivity index (χ4n) is 3.76. The average molecular weight is 446 g/mol. The molecule has 1 aliphatic carbocycles. The van der Waals surface area contributed by atoms with Gasteiger partial charge < -0.3 is 5.32 Å². The van der Waals surface area contributed by atoms with Crippen molar-refractivity contribution in [2.24, 2.45) is 0 Å². The largest absolute Gasteiger partial charge is 0.305 e. The molecule has 10 heteroatoms. The molecule has 2 aliphatic rings. The number of amides is 1. The summed E-state index contributed by atoms with van der Waals surface area (Å²) in [6, 6.07) is 10.5. The maximum absolute atomic E-state index is 12.9. The summed E-state index contributed by atoms with van der Waals surface area (Å²) in [6.07, 6.45) is 2.63. The third kappa shape index (κ3) is 3.75. The van der Waals surface area contributed by atoms with Crippen molar-refractivity contribution >= 4 is 33.2 Å². The Morgan fingerprint density at radius 2 is 2.00 bits per heavy atom. The molecule has 1 saturated carbocycles. The Morgan fingerprint density at radius 1 is 1.20 bits per heavy atom. The lowest BCUT2D eigenvalue weighted by atomic mass is 10.1. The van der Waals surface area contributed by atoms with Crippen molar-refractivity contribution in [1.29, 1.82) is 0 Å². The highest BCUT2D eigenvalue weighted by Crippen LogP contribution is 2.41. The van der Waals surface area contributed by atoms with Crippen LogP contribution in [0.15, 0.2) is 36.4 Å². The fourth-order valence-corrected chi connectivity index (χ4v) is 5.69. The Hall–Kier alpha value is -2.65. The number of anilines is 1. The summed E-state index contributed by atoms with van der Waals surface area (Å²) in [4.78, 5) is 12.9. The van der Waals surface area contributed by atoms with Gasteiger partial charge >= 0.3 is 0 Å². The minimum absolute atomic E-state index is 0.0440. The monoisotopic (exact) mass is 445 g/mol. The minimum atomic E-state index is -3.07. The smallest absolute Gasteiger partial charge is 0.274 e. The Bertz CT molecular complexity index is 1230. The molecule has 30 heavy (non-hydrogen) atoms. The van der Waals surface area contributed by atoms with Gasteiger partial charge in [0, 0.05) is 17.5 Å². The third-order valence-corrected chi connectivity index (χ3v) is 7.60. The maximum atomic E-state index is 12.9. The van der Waals surface area contributed by atoms with Crippen molar-refractivity contribution in [2.75, 3.05) is 16.8 Å². The molecule has 5 rings (SSSR count). The standard InChI is InChI=1S/C20H20ClN5O3S/c21-15-4-2-1-3-14(15)17-9-18(24-23-17)20(27)22-19-10-16(12-5-6-12)25-26(19)13-7-8-30(28,29)11-13/h1-4,9-10,12-13H,5-8,11H2,(H,22,27)(H,23,24)/t13-/m0/s1. The molecular formula is C20H20ClN5O3S. The highest BCUT2D eigenvalue weighted by Gasteiger charge is 2.34. The number of aromatic nitrogens is 4. The average Bonchev–Trinajstić information content (AvgIpc) is 3.12. The lowest BCUT2D eigenvalue weighted by molar-refractivity contribution is 0.102. The molecule has 2 N–H and O–H groups in total. The van der Waals surface area contributed by atoms with Gasteiger partial charge in [-0.1, -0.05) is 29.8 Å². The van der Waals surface area contributed by atoms with Crippen LogP contribution in [-0.2, 0) is 9.84 Å². The van der Waals surface area contributed by atoms with Crippen LogP contribution in [0.2, 0.25) is 5.02 Å². The van der Waals surface area contributed by atoms with Crippen molar-refractivity contribution in [3.8, 4) is 11.3 Å². The van der Waals surface area contributed by atoms with Gasteiger partial charge in [0.2, 0.25) is 0 Å². The lowest BCUT2D eigenvalue weighted by Gasteiger charge is -2.13. The van der Waals surface area contributed by atoms with Crippen LogP contribution in [-0.4, -0.2) is 45.8 Å². The van der Waals surface area contributed by atoms with Gasteiger partial charge in [-0.2, -0.15) is 10.2 Å². The lowest BCUT2D eigenvalue weighted by Crippen LogP contribution is -2.19. The van der Waals surface area contributed by atoms with Crippen LogP contribution in [0, 0.1) is 0 Å². The summed E-state index contributed by atoms with van der Waals surface area (Å²) >= 11 is 6.22. The van der Waals surface area contributed by atoms with E-state index in [9.17, 15) is 13.2 Å². The van der Waals surface area contributed by atoms with E-state index in [4.69, 9.17) is 11.6 Å². The zero-order chi connectivity index (χ0) is 20.9. The molecule has 3 heterocycles. The van der Waals surface area contributed by atoms with Gasteiger partial charge in [0.25, 0.3) is 5.91 Å². The summed E-state index contributed by atoms with van der Waals surface area (Å²) in [5.74, 6) is 0.718. The summed E-state index contributed by atoms with van der Waals surface area (Å²) in [5, 5.41) is 15.0. The van der Waals surface area contributed by atoms with Gasteiger partial charge in [0.15, 0.2) is 9.84 Å². The third-order valence-electron chi connectivity index (χ3n) is 5.52. The molecule has 3 aromatic rings. The molecule has 0 radical (unpaired) electrons. The highest BCUT2D eigenvalue weighted by atomic mass is 35.5. The molecule has 2 fully saturated rings. The molecule has 2 aromatic heterocycles. The maximum Gasteiger partial charge on any atom is 0.274 e. The van der Waals surface area contributed by atoms with E-state index in [2.05, 4.69) is 20.6 Å². The van der Waals surface area contributed by atoms with Crippen molar-refractivity contribution in [1.82, 2.24) is 20.0 Å². The molecule has 0 unspecified atom stereocenters. The summed E-state index contributed by atoms with van der Waals surface area (Å²) < 4.78 is 25.5. The number of nitrogens with zero attached hydrogens (tertiary/aromatic N) is 3. The molecule has 8 nitrogen and oxygen atoms in total. The SMILES string of the molecule is O=C(Nc1cc(C2CC2)nn1[C@H]1CCS(=O)(=O)C1)c1cc(-c2ccccc2Cl)n[nH]1. The molecule has 1 aliphatic heterocycles. The number of rotatable bonds is 5. The van der Waals surface area contributed by atoms with Crippen molar-refractivity contribution in [3.63, 3.8) is 0 Å². The Morgan fingerprint density at radius 3 is 2.70 bits per heavy atom. The van der Waals surface area contributed by atoms with E-state index in [1.165, 1.54) is 0 Å². The number of aromatic amines is 1. The van der Waals surface area contributed by atoms with Crippen molar-refractivity contribution in [2.45, 2.75) is 31.2 Å². The Kier molecular flexibility index (Phi) is 4.67. The molecule has 0 spiro atoms. The summed E-state index contributed by atoms with van der Waals surface area (Å²) in [7, 11) is -3.07. The van der Waals surface area contributed by atoms with Crippen LogP contribution in [0.25, 0.3) is 11.3 Å². The molecule has 1 amide bonds. The van der Waals surface area contributed by atoms with Gasteiger partial charge in [-0.05, 0) is 31.4 Å². The van der Waals surface area contributed by atoms with E-state index in [1.807, 2.05) is 24.3 Å². The second kappa shape index (κ2) is 7.24. The Balaban J connectivity index is 1.40. The molecule has 0 bridgehead atoms. The van der Waals surface area contributed by atoms with Gasteiger partial charge in [0.1, 0.15) is 11.5 Å². The number of carbonyl (C=O) groups excluding carboxylic acids is 1. The second-order valence-electron chi connectivity index (χ2n) is 7.83. The minimum Gasteiger partial charge on any atom is -0.305 e. The van der Waals surface area contributed by atoms with Crippen LogP contribution < -0.4 is 5.32 Å². The van der Waals surface area contributed by atoms with E-state index >= 15 is 0 Å². The first-order chi connectivity index (χ1) is 14.4. The zero-order valence-corrected chi connectivity index (χ0v) is 17.6. The van der Waals surface area contributed by atoms with Gasteiger partial charge in [-0.15, -0.1) is 0 Å². The zero-order valence-electron chi connectivity index (χ0n) is 16.0. The number of halogens is 1. The number of hydrogen-bond donors (Lipinski definition) is 2. The van der Waals surface area contributed by atoms with E-state index in [1.54, 1.807) is 16.8 Å². The van der Waals surface area contributed by atoms with Gasteiger partial charge in [0.05, 0.1) is 34.0 Å².